The molecule has 19 heavy (non-hydrogen) atoms. The molecular formula is C12H21F3N2O2. The van der Waals surface area contributed by atoms with Gasteiger partial charge in [0.1, 0.15) is 13.2 Å². The topological polar surface area (TPSA) is 41.6 Å². The molecule has 0 aromatic heterocycles. The molecule has 1 aliphatic rings. The van der Waals surface area contributed by atoms with Gasteiger partial charge in [-0.05, 0) is 38.8 Å². The molecule has 1 amide bonds. The van der Waals surface area contributed by atoms with Crippen LogP contribution in [0.4, 0.5) is 13.2 Å². The van der Waals surface area contributed by atoms with Gasteiger partial charge in [0, 0.05) is 13.1 Å². The molecule has 1 N–H and O–H groups in total. The zero-order valence-electron chi connectivity index (χ0n) is 11.1. The molecule has 0 atom stereocenters. The predicted octanol–water partition coefficient (Wildman–Crippen LogP) is 1.41. The maximum atomic E-state index is 11.9. The molecular weight excluding hydrogens is 261 g/mol. The molecule has 1 aliphatic heterocycles. The summed E-state index contributed by atoms with van der Waals surface area (Å²) in [6.45, 7) is 0.330. The maximum absolute atomic E-state index is 11.9. The summed E-state index contributed by atoms with van der Waals surface area (Å²) in [5.41, 5.74) is 0. The Morgan fingerprint density at radius 3 is 2.53 bits per heavy atom. The van der Waals surface area contributed by atoms with Crippen molar-refractivity contribution in [2.45, 2.75) is 25.4 Å². The van der Waals surface area contributed by atoms with Crippen LogP contribution in [0, 0.1) is 5.92 Å². The fraction of sp³-hybridized carbons (Fsp3) is 0.917. The van der Waals surface area contributed by atoms with E-state index in [0.29, 0.717) is 19.0 Å². The summed E-state index contributed by atoms with van der Waals surface area (Å²) in [4.78, 5) is 13.2. The molecule has 0 spiro atoms. The van der Waals surface area contributed by atoms with Crippen LogP contribution in [0.2, 0.25) is 0 Å². The second-order valence-corrected chi connectivity index (χ2v) is 4.82. The number of likely N-dealkylation sites (tertiary alicyclic amines) is 1. The summed E-state index contributed by atoms with van der Waals surface area (Å²) < 4.78 is 40.0. The SMILES string of the molecule is CNCCC1CCN(C(=O)COCC(F)(F)F)CC1. The van der Waals surface area contributed by atoms with Gasteiger partial charge in [-0.2, -0.15) is 13.2 Å². The number of nitrogens with one attached hydrogen (secondary N) is 1. The summed E-state index contributed by atoms with van der Waals surface area (Å²) in [5, 5.41) is 3.08. The van der Waals surface area contributed by atoms with Crippen molar-refractivity contribution in [1.82, 2.24) is 10.2 Å². The van der Waals surface area contributed by atoms with E-state index < -0.39 is 19.4 Å². The number of amides is 1. The fourth-order valence-electron chi connectivity index (χ4n) is 2.16. The number of alkyl halides is 3. The van der Waals surface area contributed by atoms with Gasteiger partial charge in [0.15, 0.2) is 0 Å². The van der Waals surface area contributed by atoms with Crippen LogP contribution in [-0.2, 0) is 9.53 Å². The van der Waals surface area contributed by atoms with E-state index in [0.717, 1.165) is 25.8 Å². The number of hydrogen-bond donors (Lipinski definition) is 1. The van der Waals surface area contributed by atoms with Crippen molar-refractivity contribution in [3.05, 3.63) is 0 Å². The zero-order valence-corrected chi connectivity index (χ0v) is 11.1. The Bertz CT molecular complexity index is 277. The highest BCUT2D eigenvalue weighted by Crippen LogP contribution is 2.20. The van der Waals surface area contributed by atoms with E-state index in [9.17, 15) is 18.0 Å². The summed E-state index contributed by atoms with van der Waals surface area (Å²) in [7, 11) is 1.90. The average Bonchev–Trinajstić information content (AvgIpc) is 2.35. The molecule has 0 unspecified atom stereocenters. The molecule has 0 aromatic rings. The second-order valence-electron chi connectivity index (χ2n) is 4.82. The number of carbonyl (C=O) groups is 1. The lowest BCUT2D eigenvalue weighted by Gasteiger charge is -2.32. The minimum Gasteiger partial charge on any atom is -0.362 e. The van der Waals surface area contributed by atoms with E-state index in [-0.39, 0.29) is 5.91 Å². The van der Waals surface area contributed by atoms with Crippen LogP contribution in [0.5, 0.6) is 0 Å². The molecule has 0 aromatic carbocycles. The van der Waals surface area contributed by atoms with E-state index >= 15 is 0 Å². The van der Waals surface area contributed by atoms with E-state index in [1.807, 2.05) is 7.05 Å². The molecule has 0 saturated carbocycles. The molecule has 112 valence electrons. The highest BCUT2D eigenvalue weighted by molar-refractivity contribution is 5.77. The van der Waals surface area contributed by atoms with Crippen LogP contribution in [-0.4, -0.2) is 56.9 Å². The molecule has 0 radical (unpaired) electrons. The Labute approximate surface area is 111 Å². The molecule has 1 rings (SSSR count). The first-order valence-electron chi connectivity index (χ1n) is 6.49. The minimum atomic E-state index is -4.37. The van der Waals surface area contributed by atoms with E-state index in [1.165, 1.54) is 0 Å². The smallest absolute Gasteiger partial charge is 0.362 e. The van der Waals surface area contributed by atoms with Crippen molar-refractivity contribution < 1.29 is 22.7 Å². The van der Waals surface area contributed by atoms with Gasteiger partial charge in [0.25, 0.3) is 0 Å². The van der Waals surface area contributed by atoms with Crippen LogP contribution in [0.15, 0.2) is 0 Å². The van der Waals surface area contributed by atoms with Crippen LogP contribution in [0.3, 0.4) is 0 Å². The van der Waals surface area contributed by atoms with Gasteiger partial charge in [-0.1, -0.05) is 0 Å². The quantitative estimate of drug-likeness (QED) is 0.801. The summed E-state index contributed by atoms with van der Waals surface area (Å²) in [6, 6.07) is 0. The molecule has 1 saturated heterocycles. The number of carbonyl (C=O) groups excluding carboxylic acids is 1. The van der Waals surface area contributed by atoms with Crippen LogP contribution >= 0.6 is 0 Å². The van der Waals surface area contributed by atoms with Crippen molar-refractivity contribution in [3.8, 4) is 0 Å². The summed E-state index contributed by atoms with van der Waals surface area (Å²) in [6.07, 6.45) is -1.48. The van der Waals surface area contributed by atoms with Gasteiger partial charge in [-0.3, -0.25) is 4.79 Å². The molecule has 1 fully saturated rings. The monoisotopic (exact) mass is 282 g/mol. The number of halogens is 3. The van der Waals surface area contributed by atoms with Crippen LogP contribution in [0.1, 0.15) is 19.3 Å². The van der Waals surface area contributed by atoms with Gasteiger partial charge in [-0.25, -0.2) is 0 Å². The first-order chi connectivity index (χ1) is 8.92. The lowest BCUT2D eigenvalue weighted by Crippen LogP contribution is -2.41. The van der Waals surface area contributed by atoms with E-state index in [1.54, 1.807) is 4.90 Å². The van der Waals surface area contributed by atoms with E-state index in [2.05, 4.69) is 10.1 Å². The predicted molar refractivity (Wildman–Crippen MR) is 64.7 cm³/mol. The molecule has 7 heteroatoms. The van der Waals surface area contributed by atoms with Crippen LogP contribution in [0.25, 0.3) is 0 Å². The molecule has 0 bridgehead atoms. The van der Waals surface area contributed by atoms with Gasteiger partial charge in [0.2, 0.25) is 5.91 Å². The molecule has 4 nitrogen and oxygen atoms in total. The lowest BCUT2D eigenvalue weighted by molar-refractivity contribution is -0.178. The van der Waals surface area contributed by atoms with Crippen LogP contribution < -0.4 is 5.32 Å². The highest BCUT2D eigenvalue weighted by atomic mass is 19.4. The Morgan fingerprint density at radius 2 is 2.00 bits per heavy atom. The average molecular weight is 282 g/mol. The summed E-state index contributed by atoms with van der Waals surface area (Å²) >= 11 is 0. The third-order valence-corrected chi connectivity index (χ3v) is 3.26. The normalized spacial score (nSPS) is 17.8. The van der Waals surface area contributed by atoms with E-state index in [4.69, 9.17) is 0 Å². The van der Waals surface area contributed by atoms with Gasteiger partial charge in [0.05, 0.1) is 0 Å². The Morgan fingerprint density at radius 1 is 1.37 bits per heavy atom. The Hall–Kier alpha value is -0.820. The summed E-state index contributed by atoms with van der Waals surface area (Å²) in [5.74, 6) is 0.240. The lowest BCUT2D eigenvalue weighted by atomic mass is 9.93. The van der Waals surface area contributed by atoms with Gasteiger partial charge < -0.3 is 15.0 Å². The Balaban J connectivity index is 2.18. The number of nitrogens with zero attached hydrogens (tertiary/aromatic N) is 1. The maximum Gasteiger partial charge on any atom is 0.411 e. The minimum absolute atomic E-state index is 0.351. The third-order valence-electron chi connectivity index (χ3n) is 3.26. The van der Waals surface area contributed by atoms with Crippen molar-refractivity contribution in [2.24, 2.45) is 5.92 Å². The number of hydrogen-bond acceptors (Lipinski definition) is 3. The van der Waals surface area contributed by atoms with Gasteiger partial charge >= 0.3 is 6.18 Å². The first-order valence-corrected chi connectivity index (χ1v) is 6.49. The van der Waals surface area contributed by atoms with Crippen molar-refractivity contribution in [2.75, 3.05) is 39.9 Å². The number of ether oxygens (including phenoxy) is 1. The fourth-order valence-corrected chi connectivity index (χ4v) is 2.16. The number of piperidine rings is 1. The van der Waals surface area contributed by atoms with Crippen molar-refractivity contribution in [3.63, 3.8) is 0 Å². The molecule has 1 heterocycles. The third kappa shape index (κ3) is 6.77. The van der Waals surface area contributed by atoms with Gasteiger partial charge in [-0.15, -0.1) is 0 Å². The highest BCUT2D eigenvalue weighted by Gasteiger charge is 2.29. The van der Waals surface area contributed by atoms with Crippen molar-refractivity contribution in [1.29, 1.82) is 0 Å². The number of rotatable bonds is 6. The molecule has 0 aliphatic carbocycles. The zero-order chi connectivity index (χ0) is 14.3. The first kappa shape index (κ1) is 16.2. The Kier molecular flexibility index (Phi) is 6.57. The second kappa shape index (κ2) is 7.69. The largest absolute Gasteiger partial charge is 0.411 e. The standard InChI is InChI=1S/C12H21F3N2O2/c1-16-5-2-10-3-6-17(7-4-10)11(18)8-19-9-12(13,14)15/h10,16H,2-9H2,1H3. The van der Waals surface area contributed by atoms with Crippen molar-refractivity contribution >= 4 is 5.91 Å².